The van der Waals surface area contributed by atoms with Crippen LogP contribution in [0.15, 0.2) is 9.85 Å². The molecule has 0 radical (unpaired) electrons. The second-order valence-corrected chi connectivity index (χ2v) is 10.3. The molecule has 132 valence electrons. The van der Waals surface area contributed by atoms with Gasteiger partial charge in [0.15, 0.2) is 4.34 Å². The third kappa shape index (κ3) is 4.22. The summed E-state index contributed by atoms with van der Waals surface area (Å²) in [7, 11) is 0. The molecule has 0 bridgehead atoms. The van der Waals surface area contributed by atoms with Crippen LogP contribution in [0.4, 0.5) is 5.00 Å². The summed E-state index contributed by atoms with van der Waals surface area (Å²) in [5.74, 6) is 0.775. The third-order valence-electron chi connectivity index (χ3n) is 4.52. The van der Waals surface area contributed by atoms with Crippen LogP contribution in [0.25, 0.3) is 0 Å². The van der Waals surface area contributed by atoms with Gasteiger partial charge in [-0.25, -0.2) is 0 Å². The zero-order chi connectivity index (χ0) is 18.0. The van der Waals surface area contributed by atoms with E-state index >= 15 is 0 Å². The largest absolute Gasteiger partial charge is 0.316 e. The van der Waals surface area contributed by atoms with Gasteiger partial charge < -0.3 is 5.32 Å². The Bertz CT molecular complexity index is 799. The molecule has 0 saturated carbocycles. The molecule has 2 heterocycles. The maximum Gasteiger partial charge on any atom is 0.235 e. The number of carbonyl (C=O) groups is 1. The van der Waals surface area contributed by atoms with Crippen molar-refractivity contribution in [1.29, 1.82) is 5.26 Å². The number of thiophene rings is 1. The number of nitrogens with one attached hydrogen (secondary N) is 1. The molecule has 0 aromatic carbocycles. The van der Waals surface area contributed by atoms with Crippen LogP contribution in [0.3, 0.4) is 0 Å². The van der Waals surface area contributed by atoms with Gasteiger partial charge >= 0.3 is 0 Å². The van der Waals surface area contributed by atoms with E-state index < -0.39 is 0 Å². The summed E-state index contributed by atoms with van der Waals surface area (Å²) in [6.45, 7) is 6.82. The van der Waals surface area contributed by atoms with Gasteiger partial charge in [-0.3, -0.25) is 4.79 Å². The van der Waals surface area contributed by atoms with Crippen molar-refractivity contribution in [2.24, 2.45) is 11.3 Å². The number of nitrogens with zero attached hydrogens (tertiary/aromatic N) is 3. The zero-order valence-corrected chi connectivity index (χ0v) is 16.9. The fraction of sp³-hybridized carbons (Fsp3) is 0.529. The predicted octanol–water partition coefficient (Wildman–Crippen LogP) is 4.35. The second-order valence-electron chi connectivity index (χ2n) is 7.17. The molecule has 0 unspecified atom stereocenters. The molecule has 3 rings (SSSR count). The molecule has 0 fully saturated rings. The summed E-state index contributed by atoms with van der Waals surface area (Å²) in [4.78, 5) is 13.5. The first-order valence-corrected chi connectivity index (χ1v) is 10.8. The Kier molecular flexibility index (Phi) is 5.46. The van der Waals surface area contributed by atoms with Gasteiger partial charge in [0.1, 0.15) is 16.6 Å². The lowest BCUT2D eigenvalue weighted by molar-refractivity contribution is -0.113. The monoisotopic (exact) mass is 392 g/mol. The number of carbonyl (C=O) groups excluding carboxylic acids is 1. The molecular weight excluding hydrogens is 372 g/mol. The minimum atomic E-state index is -0.109. The van der Waals surface area contributed by atoms with E-state index in [2.05, 4.69) is 42.4 Å². The Labute approximate surface area is 159 Å². The highest BCUT2D eigenvalue weighted by Crippen LogP contribution is 2.44. The Morgan fingerprint density at radius 3 is 2.96 bits per heavy atom. The number of nitriles is 1. The summed E-state index contributed by atoms with van der Waals surface area (Å²) < 4.78 is 0.772. The quantitative estimate of drug-likeness (QED) is 0.783. The summed E-state index contributed by atoms with van der Waals surface area (Å²) in [5, 5.41) is 20.9. The van der Waals surface area contributed by atoms with Crippen LogP contribution in [0.1, 0.15) is 43.2 Å². The summed E-state index contributed by atoms with van der Waals surface area (Å²) >= 11 is 4.34. The van der Waals surface area contributed by atoms with Crippen LogP contribution < -0.4 is 5.32 Å². The number of aromatic nitrogens is 2. The van der Waals surface area contributed by atoms with Crippen LogP contribution >= 0.6 is 34.4 Å². The fourth-order valence-corrected chi connectivity index (χ4v) is 5.63. The van der Waals surface area contributed by atoms with Crippen molar-refractivity contribution in [3.8, 4) is 6.07 Å². The zero-order valence-electron chi connectivity index (χ0n) is 14.5. The van der Waals surface area contributed by atoms with Gasteiger partial charge in [-0.05, 0) is 36.2 Å². The normalized spacial score (nSPS) is 17.0. The standard InChI is InChI=1S/C17H20N4OS3/c1-17(2,3)10-4-5-11-12(7-18)15(25-13(11)6-10)20-14(22)8-23-16-21-19-9-24-16/h9-10H,4-6,8H2,1-3H3,(H,20,22)/t10-/m1/s1. The molecular formula is C17H20N4OS3. The smallest absolute Gasteiger partial charge is 0.235 e. The highest BCUT2D eigenvalue weighted by Gasteiger charge is 2.32. The third-order valence-corrected chi connectivity index (χ3v) is 7.55. The number of amides is 1. The Hall–Kier alpha value is -1.43. The molecule has 25 heavy (non-hydrogen) atoms. The molecule has 1 atom stereocenters. The molecule has 2 aromatic rings. The van der Waals surface area contributed by atoms with Gasteiger partial charge in [0.25, 0.3) is 0 Å². The number of fused-ring (bicyclic) bond motifs is 1. The number of thioether (sulfide) groups is 1. The van der Waals surface area contributed by atoms with E-state index in [1.165, 1.54) is 28.0 Å². The highest BCUT2D eigenvalue weighted by molar-refractivity contribution is 8.01. The Balaban J connectivity index is 1.71. The SMILES string of the molecule is CC(C)(C)[C@@H]1CCc2c(sc(NC(=O)CSc3nncs3)c2C#N)C1. The highest BCUT2D eigenvalue weighted by atomic mass is 32.2. The molecule has 8 heteroatoms. The minimum Gasteiger partial charge on any atom is -0.316 e. The molecule has 1 amide bonds. The van der Waals surface area contributed by atoms with E-state index in [0.29, 0.717) is 16.5 Å². The van der Waals surface area contributed by atoms with E-state index in [-0.39, 0.29) is 17.1 Å². The predicted molar refractivity (Wildman–Crippen MR) is 103 cm³/mol. The Morgan fingerprint density at radius 1 is 1.52 bits per heavy atom. The topological polar surface area (TPSA) is 78.7 Å². The van der Waals surface area contributed by atoms with Crippen molar-refractivity contribution >= 4 is 45.3 Å². The van der Waals surface area contributed by atoms with Gasteiger partial charge in [0.2, 0.25) is 5.91 Å². The van der Waals surface area contributed by atoms with E-state index in [1.54, 1.807) is 16.8 Å². The van der Waals surface area contributed by atoms with E-state index in [0.717, 1.165) is 29.2 Å². The van der Waals surface area contributed by atoms with Crippen LogP contribution in [-0.2, 0) is 17.6 Å². The number of hydrogen-bond donors (Lipinski definition) is 1. The summed E-state index contributed by atoms with van der Waals surface area (Å²) in [6, 6.07) is 2.30. The van der Waals surface area contributed by atoms with Crippen molar-refractivity contribution in [1.82, 2.24) is 10.2 Å². The molecule has 5 nitrogen and oxygen atoms in total. The van der Waals surface area contributed by atoms with Gasteiger partial charge in [-0.15, -0.1) is 21.5 Å². The lowest BCUT2D eigenvalue weighted by atomic mass is 9.72. The lowest BCUT2D eigenvalue weighted by Gasteiger charge is -2.33. The van der Waals surface area contributed by atoms with Crippen molar-refractivity contribution < 1.29 is 4.79 Å². The first-order valence-electron chi connectivity index (χ1n) is 8.12. The summed E-state index contributed by atoms with van der Waals surface area (Å²) in [5.41, 5.74) is 3.70. The van der Waals surface area contributed by atoms with Gasteiger partial charge in [-0.2, -0.15) is 5.26 Å². The van der Waals surface area contributed by atoms with Gasteiger partial charge in [0, 0.05) is 4.88 Å². The molecule has 2 aromatic heterocycles. The van der Waals surface area contributed by atoms with Crippen molar-refractivity contribution in [3.05, 3.63) is 21.5 Å². The molecule has 0 spiro atoms. The summed E-state index contributed by atoms with van der Waals surface area (Å²) in [6.07, 6.45) is 3.02. The maximum atomic E-state index is 12.2. The molecule has 1 aliphatic carbocycles. The lowest BCUT2D eigenvalue weighted by Crippen LogP contribution is -2.26. The minimum absolute atomic E-state index is 0.109. The van der Waals surface area contributed by atoms with Crippen LogP contribution in [0.5, 0.6) is 0 Å². The number of hydrogen-bond acceptors (Lipinski definition) is 7. The van der Waals surface area contributed by atoms with E-state index in [4.69, 9.17) is 0 Å². The van der Waals surface area contributed by atoms with Gasteiger partial charge in [-0.1, -0.05) is 43.9 Å². The maximum absolute atomic E-state index is 12.2. The van der Waals surface area contributed by atoms with Crippen LogP contribution in [-0.4, -0.2) is 21.9 Å². The molecule has 1 aliphatic rings. The van der Waals surface area contributed by atoms with Gasteiger partial charge in [0.05, 0.1) is 11.3 Å². The number of anilines is 1. The van der Waals surface area contributed by atoms with E-state index in [1.807, 2.05) is 0 Å². The van der Waals surface area contributed by atoms with Crippen molar-refractivity contribution in [2.75, 3.05) is 11.1 Å². The molecule has 0 saturated heterocycles. The first kappa shape index (κ1) is 18.4. The van der Waals surface area contributed by atoms with E-state index in [9.17, 15) is 10.1 Å². The average molecular weight is 393 g/mol. The second kappa shape index (κ2) is 7.44. The average Bonchev–Trinajstić information content (AvgIpc) is 3.18. The Morgan fingerprint density at radius 2 is 2.32 bits per heavy atom. The van der Waals surface area contributed by atoms with Crippen molar-refractivity contribution in [3.63, 3.8) is 0 Å². The fourth-order valence-electron chi connectivity index (χ4n) is 3.05. The van der Waals surface area contributed by atoms with Crippen molar-refractivity contribution in [2.45, 2.75) is 44.4 Å². The molecule has 0 aliphatic heterocycles. The van der Waals surface area contributed by atoms with Crippen LogP contribution in [0.2, 0.25) is 0 Å². The first-order chi connectivity index (χ1) is 11.9. The number of rotatable bonds is 4. The van der Waals surface area contributed by atoms with Crippen LogP contribution in [0, 0.1) is 22.7 Å². The molecule has 1 N–H and O–H groups in total.